The maximum absolute atomic E-state index is 13.0. The Hall–Kier alpha value is -3.21. The number of imide groups is 1. The Kier molecular flexibility index (Phi) is 3.72. The number of benzene rings is 2. The van der Waals surface area contributed by atoms with E-state index >= 15 is 0 Å². The van der Waals surface area contributed by atoms with E-state index < -0.39 is 5.97 Å². The second-order valence-corrected chi connectivity index (χ2v) is 7.77. The number of nitrogens with zero attached hydrogens (tertiary/aromatic N) is 1. The van der Waals surface area contributed by atoms with E-state index in [1.54, 1.807) is 36.4 Å². The van der Waals surface area contributed by atoms with Crippen LogP contribution in [-0.4, -0.2) is 17.8 Å². The third-order valence-electron chi connectivity index (χ3n) is 6.01. The van der Waals surface area contributed by atoms with Gasteiger partial charge in [0.1, 0.15) is 5.75 Å². The molecule has 2 aromatic rings. The molecule has 28 heavy (non-hydrogen) atoms. The van der Waals surface area contributed by atoms with Gasteiger partial charge in [0.2, 0.25) is 11.8 Å². The van der Waals surface area contributed by atoms with Gasteiger partial charge >= 0.3 is 5.97 Å². The van der Waals surface area contributed by atoms with Gasteiger partial charge in [-0.25, -0.2) is 9.69 Å². The summed E-state index contributed by atoms with van der Waals surface area (Å²) in [6.45, 7) is 1.92. The zero-order chi connectivity index (χ0) is 19.4. The highest BCUT2D eigenvalue weighted by atomic mass is 16.5. The molecule has 0 radical (unpaired) electrons. The lowest BCUT2D eigenvalue weighted by atomic mass is 9.85. The van der Waals surface area contributed by atoms with Crippen LogP contribution in [0.1, 0.15) is 22.3 Å². The maximum Gasteiger partial charge on any atom is 0.343 e. The minimum Gasteiger partial charge on any atom is -0.423 e. The highest BCUT2D eigenvalue weighted by molar-refractivity contribution is 6.23. The van der Waals surface area contributed by atoms with Gasteiger partial charge in [0, 0.05) is 0 Å². The molecule has 1 heterocycles. The van der Waals surface area contributed by atoms with Crippen LogP contribution < -0.4 is 9.64 Å². The molecule has 140 valence electrons. The summed E-state index contributed by atoms with van der Waals surface area (Å²) in [6, 6.07) is 13.8. The van der Waals surface area contributed by atoms with E-state index in [9.17, 15) is 14.4 Å². The summed E-state index contributed by atoms with van der Waals surface area (Å²) < 4.78 is 5.43. The number of fused-ring (bicyclic) bond motifs is 5. The zero-order valence-electron chi connectivity index (χ0n) is 15.4. The predicted molar refractivity (Wildman–Crippen MR) is 103 cm³/mol. The average molecular weight is 373 g/mol. The fraction of sp³-hybridized carbons (Fsp3) is 0.261. The lowest BCUT2D eigenvalue weighted by Crippen LogP contribution is -2.33. The number of carbonyl (C=O) groups is 3. The Morgan fingerprint density at radius 2 is 1.64 bits per heavy atom. The number of anilines is 1. The first-order valence-electron chi connectivity index (χ1n) is 9.48. The predicted octanol–water partition coefficient (Wildman–Crippen LogP) is 3.53. The van der Waals surface area contributed by atoms with Crippen molar-refractivity contribution in [1.29, 1.82) is 0 Å². The maximum atomic E-state index is 13.0. The molecule has 2 aromatic carbocycles. The van der Waals surface area contributed by atoms with E-state index in [4.69, 9.17) is 4.74 Å². The number of amides is 2. The van der Waals surface area contributed by atoms with E-state index in [0.717, 1.165) is 12.0 Å². The fourth-order valence-electron chi connectivity index (χ4n) is 4.77. The highest BCUT2D eigenvalue weighted by Gasteiger charge is 2.59. The molecule has 0 spiro atoms. The summed E-state index contributed by atoms with van der Waals surface area (Å²) in [5.74, 6) is -0.575. The smallest absolute Gasteiger partial charge is 0.343 e. The summed E-state index contributed by atoms with van der Waals surface area (Å²) in [5.41, 5.74) is 1.72. The van der Waals surface area contributed by atoms with Crippen molar-refractivity contribution in [3.8, 4) is 5.75 Å². The van der Waals surface area contributed by atoms with Crippen LogP contribution in [0.5, 0.6) is 5.75 Å². The number of hydrogen-bond donors (Lipinski definition) is 0. The molecule has 5 nitrogen and oxygen atoms in total. The van der Waals surface area contributed by atoms with Crippen LogP contribution >= 0.6 is 0 Å². The van der Waals surface area contributed by atoms with Gasteiger partial charge in [0.15, 0.2) is 0 Å². The number of hydrogen-bond acceptors (Lipinski definition) is 4. The first kappa shape index (κ1) is 16.9. The van der Waals surface area contributed by atoms with Gasteiger partial charge in [-0.1, -0.05) is 30.4 Å². The lowest BCUT2D eigenvalue weighted by molar-refractivity contribution is -0.123. The molecule has 2 bridgehead atoms. The van der Waals surface area contributed by atoms with Gasteiger partial charge in [-0.3, -0.25) is 9.59 Å². The molecule has 1 saturated carbocycles. The first-order valence-corrected chi connectivity index (χ1v) is 9.48. The molecule has 0 unspecified atom stereocenters. The van der Waals surface area contributed by atoms with Gasteiger partial charge < -0.3 is 4.74 Å². The van der Waals surface area contributed by atoms with Crippen molar-refractivity contribution >= 4 is 23.5 Å². The van der Waals surface area contributed by atoms with Crippen molar-refractivity contribution in [2.24, 2.45) is 23.7 Å². The number of ether oxygens (including phenoxy) is 1. The summed E-state index contributed by atoms with van der Waals surface area (Å²) in [5, 5.41) is 0. The molecule has 2 amide bonds. The van der Waals surface area contributed by atoms with Crippen LogP contribution in [-0.2, 0) is 9.59 Å². The van der Waals surface area contributed by atoms with E-state index in [-0.39, 0.29) is 35.5 Å². The molecule has 2 fully saturated rings. The lowest BCUT2D eigenvalue weighted by Gasteiger charge is -2.18. The summed E-state index contributed by atoms with van der Waals surface area (Å²) >= 11 is 0. The molecular weight excluding hydrogens is 354 g/mol. The number of esters is 1. The van der Waals surface area contributed by atoms with E-state index in [1.807, 2.05) is 19.1 Å². The number of rotatable bonds is 3. The Morgan fingerprint density at radius 1 is 0.964 bits per heavy atom. The summed E-state index contributed by atoms with van der Waals surface area (Å²) in [7, 11) is 0. The molecule has 5 rings (SSSR count). The largest absolute Gasteiger partial charge is 0.423 e. The van der Waals surface area contributed by atoms with Gasteiger partial charge in [-0.05, 0) is 61.1 Å². The zero-order valence-corrected chi connectivity index (χ0v) is 15.4. The van der Waals surface area contributed by atoms with Crippen LogP contribution in [0.3, 0.4) is 0 Å². The van der Waals surface area contributed by atoms with Crippen molar-refractivity contribution in [2.75, 3.05) is 4.90 Å². The van der Waals surface area contributed by atoms with E-state index in [2.05, 4.69) is 12.2 Å². The van der Waals surface area contributed by atoms with Gasteiger partial charge in [-0.2, -0.15) is 0 Å². The normalized spacial score (nSPS) is 27.4. The van der Waals surface area contributed by atoms with Crippen LogP contribution in [0.15, 0.2) is 60.7 Å². The topological polar surface area (TPSA) is 63.7 Å². The number of allylic oxidation sites excluding steroid dienone is 2. The van der Waals surface area contributed by atoms with Gasteiger partial charge in [0.25, 0.3) is 0 Å². The molecular formula is C23H19NO4. The Labute approximate surface area is 162 Å². The molecule has 5 heteroatoms. The molecule has 1 aliphatic heterocycles. The van der Waals surface area contributed by atoms with Crippen molar-refractivity contribution in [2.45, 2.75) is 13.3 Å². The van der Waals surface area contributed by atoms with Crippen molar-refractivity contribution in [3.05, 3.63) is 71.8 Å². The average Bonchev–Trinajstić information content (AvgIpc) is 3.36. The van der Waals surface area contributed by atoms with Crippen LogP contribution in [0.4, 0.5) is 5.69 Å². The quantitative estimate of drug-likeness (QED) is 0.357. The Morgan fingerprint density at radius 3 is 2.32 bits per heavy atom. The summed E-state index contributed by atoms with van der Waals surface area (Å²) in [4.78, 5) is 39.7. The van der Waals surface area contributed by atoms with Crippen molar-refractivity contribution in [1.82, 2.24) is 0 Å². The van der Waals surface area contributed by atoms with Crippen LogP contribution in [0, 0.1) is 30.6 Å². The standard InChI is InChI=1S/C23H19NO4/c1-13-4-2-7-18(10-13)28-23(27)16-5-3-6-17(12-16)24-21(25)19-14-8-9-15(11-14)20(19)22(24)26/h2-10,12,14-15,19-20H,11H2,1H3/t14-,15-,19-,20+/m1/s1. The Bertz CT molecular complexity index is 1010. The van der Waals surface area contributed by atoms with Crippen LogP contribution in [0.2, 0.25) is 0 Å². The molecule has 2 aliphatic carbocycles. The van der Waals surface area contributed by atoms with E-state index in [0.29, 0.717) is 17.0 Å². The second-order valence-electron chi connectivity index (χ2n) is 7.77. The van der Waals surface area contributed by atoms with Crippen molar-refractivity contribution in [3.63, 3.8) is 0 Å². The van der Waals surface area contributed by atoms with Crippen molar-refractivity contribution < 1.29 is 19.1 Å². The number of carbonyl (C=O) groups excluding carboxylic acids is 3. The summed E-state index contributed by atoms with van der Waals surface area (Å²) in [6.07, 6.45) is 5.02. The van der Waals surface area contributed by atoms with E-state index in [1.165, 1.54) is 4.90 Å². The molecule has 0 N–H and O–H groups in total. The SMILES string of the molecule is Cc1cccc(OC(=O)c2cccc(N3C(=O)[C@@H]4[C@H](C3=O)[C@@H]3C=C[C@@H]4C3)c2)c1. The minimum atomic E-state index is -0.520. The highest BCUT2D eigenvalue weighted by Crippen LogP contribution is 2.53. The minimum absolute atomic E-state index is 0.156. The van der Waals surface area contributed by atoms with Gasteiger partial charge in [0.05, 0.1) is 23.1 Å². The molecule has 4 atom stereocenters. The molecule has 3 aliphatic rings. The first-order chi connectivity index (χ1) is 13.5. The van der Waals surface area contributed by atoms with Gasteiger partial charge in [-0.15, -0.1) is 0 Å². The molecule has 0 aromatic heterocycles. The molecule has 1 saturated heterocycles. The third kappa shape index (κ3) is 2.50. The second kappa shape index (κ2) is 6.16. The fourth-order valence-corrected chi connectivity index (χ4v) is 4.77. The Balaban J connectivity index is 1.41. The number of aryl methyl sites for hydroxylation is 1. The third-order valence-corrected chi connectivity index (χ3v) is 6.01. The monoisotopic (exact) mass is 373 g/mol. The van der Waals surface area contributed by atoms with Crippen LogP contribution in [0.25, 0.3) is 0 Å².